The SMILES string of the molecule is CC1=C(C(=O)OCC(C)C)C(c2ccc(F)cc2)C2C(=O)CC(c3ccccc3)C=C2N1. The van der Waals surface area contributed by atoms with E-state index in [2.05, 4.69) is 11.4 Å². The first kappa shape index (κ1) is 22.0. The van der Waals surface area contributed by atoms with Gasteiger partial charge < -0.3 is 10.1 Å². The number of halogens is 1. The van der Waals surface area contributed by atoms with Crippen molar-refractivity contribution in [1.29, 1.82) is 0 Å². The van der Waals surface area contributed by atoms with Crippen LogP contribution in [0.1, 0.15) is 50.2 Å². The van der Waals surface area contributed by atoms with Crippen LogP contribution in [0, 0.1) is 17.7 Å². The molecule has 0 amide bonds. The van der Waals surface area contributed by atoms with E-state index in [1.54, 1.807) is 12.1 Å². The minimum Gasteiger partial charge on any atom is -0.462 e. The Morgan fingerprint density at radius 2 is 1.75 bits per heavy atom. The maximum absolute atomic E-state index is 13.7. The van der Waals surface area contributed by atoms with Crippen molar-refractivity contribution in [2.45, 2.75) is 39.0 Å². The minimum absolute atomic E-state index is 0.0291. The van der Waals surface area contributed by atoms with E-state index in [1.165, 1.54) is 12.1 Å². The van der Waals surface area contributed by atoms with Gasteiger partial charge in [-0.15, -0.1) is 0 Å². The maximum atomic E-state index is 13.7. The van der Waals surface area contributed by atoms with Gasteiger partial charge in [0.25, 0.3) is 0 Å². The number of rotatable bonds is 5. The molecule has 0 radical (unpaired) electrons. The van der Waals surface area contributed by atoms with Crippen molar-refractivity contribution < 1.29 is 18.7 Å². The fourth-order valence-electron chi connectivity index (χ4n) is 4.61. The highest BCUT2D eigenvalue weighted by Gasteiger charge is 2.45. The molecule has 0 fully saturated rings. The van der Waals surface area contributed by atoms with Gasteiger partial charge in [0.1, 0.15) is 11.6 Å². The molecule has 3 unspecified atom stereocenters. The lowest BCUT2D eigenvalue weighted by Crippen LogP contribution is -2.42. The Labute approximate surface area is 188 Å². The number of allylic oxidation sites excluding steroid dienone is 3. The van der Waals surface area contributed by atoms with E-state index in [0.717, 1.165) is 16.8 Å². The molecular formula is C27H28FNO3. The van der Waals surface area contributed by atoms with Gasteiger partial charge in [-0.3, -0.25) is 4.79 Å². The van der Waals surface area contributed by atoms with Crippen molar-refractivity contribution in [3.63, 3.8) is 0 Å². The maximum Gasteiger partial charge on any atom is 0.336 e. The van der Waals surface area contributed by atoms with Gasteiger partial charge in [0, 0.05) is 29.7 Å². The molecule has 0 saturated carbocycles. The standard InChI is InChI=1S/C27H28FNO3/c1-16(2)15-32-27(31)24-17(3)29-22-13-20(18-7-5-4-6-8-18)14-23(30)26(22)25(24)19-9-11-21(28)12-10-19/h4-13,16,20,25-26,29H,14-15H2,1-3H3. The summed E-state index contributed by atoms with van der Waals surface area (Å²) < 4.78 is 19.2. The summed E-state index contributed by atoms with van der Waals surface area (Å²) in [6.07, 6.45) is 2.45. The molecule has 0 bridgehead atoms. The van der Waals surface area contributed by atoms with Gasteiger partial charge in [-0.1, -0.05) is 62.4 Å². The fourth-order valence-corrected chi connectivity index (χ4v) is 4.61. The van der Waals surface area contributed by atoms with Gasteiger partial charge >= 0.3 is 5.97 Å². The summed E-state index contributed by atoms with van der Waals surface area (Å²) >= 11 is 0. The molecule has 0 aromatic heterocycles. The van der Waals surface area contributed by atoms with Crippen molar-refractivity contribution in [3.05, 3.63) is 94.6 Å². The van der Waals surface area contributed by atoms with Crippen LogP contribution in [0.5, 0.6) is 0 Å². The van der Waals surface area contributed by atoms with Crippen LogP contribution < -0.4 is 5.32 Å². The van der Waals surface area contributed by atoms with Crippen LogP contribution in [0.15, 0.2) is 77.6 Å². The van der Waals surface area contributed by atoms with Crippen LogP contribution in [0.2, 0.25) is 0 Å². The lowest BCUT2D eigenvalue weighted by atomic mass is 9.68. The zero-order chi connectivity index (χ0) is 22.8. The first-order valence-corrected chi connectivity index (χ1v) is 11.0. The minimum atomic E-state index is -0.536. The summed E-state index contributed by atoms with van der Waals surface area (Å²) in [4.78, 5) is 26.6. The molecule has 3 atom stereocenters. The van der Waals surface area contributed by atoms with Crippen LogP contribution in [0.4, 0.5) is 4.39 Å². The van der Waals surface area contributed by atoms with Gasteiger partial charge in [0.05, 0.1) is 18.1 Å². The molecule has 2 aromatic carbocycles. The molecular weight excluding hydrogens is 405 g/mol. The summed E-state index contributed by atoms with van der Waals surface area (Å²) in [7, 11) is 0. The zero-order valence-corrected chi connectivity index (χ0v) is 18.6. The number of nitrogens with one attached hydrogen (secondary N) is 1. The van der Waals surface area contributed by atoms with Crippen LogP contribution in [-0.4, -0.2) is 18.4 Å². The van der Waals surface area contributed by atoms with Crippen molar-refractivity contribution in [1.82, 2.24) is 5.32 Å². The Balaban J connectivity index is 1.79. The average Bonchev–Trinajstić information content (AvgIpc) is 2.77. The number of esters is 1. The van der Waals surface area contributed by atoms with E-state index in [0.29, 0.717) is 24.3 Å². The van der Waals surface area contributed by atoms with Gasteiger partial charge in [0.15, 0.2) is 0 Å². The van der Waals surface area contributed by atoms with E-state index in [4.69, 9.17) is 4.74 Å². The molecule has 1 aliphatic heterocycles. The number of fused-ring (bicyclic) bond motifs is 1. The van der Waals surface area contributed by atoms with Crippen molar-refractivity contribution >= 4 is 11.8 Å². The number of Topliss-reactive ketones (excluding diaryl/α,β-unsaturated/α-hetero) is 1. The summed E-state index contributed by atoms with van der Waals surface area (Å²) in [6.45, 7) is 6.07. The number of hydrogen-bond donors (Lipinski definition) is 1. The van der Waals surface area contributed by atoms with Gasteiger partial charge in [0.2, 0.25) is 0 Å². The second-order valence-corrected chi connectivity index (χ2v) is 8.97. The number of ketones is 1. The lowest BCUT2D eigenvalue weighted by Gasteiger charge is -2.39. The van der Waals surface area contributed by atoms with E-state index in [1.807, 2.05) is 51.1 Å². The van der Waals surface area contributed by atoms with Gasteiger partial charge in [-0.25, -0.2) is 9.18 Å². The Morgan fingerprint density at radius 3 is 2.41 bits per heavy atom. The molecule has 166 valence electrons. The molecule has 1 aliphatic carbocycles. The van der Waals surface area contributed by atoms with Crippen LogP contribution in [0.3, 0.4) is 0 Å². The number of hydrogen-bond acceptors (Lipinski definition) is 4. The molecule has 1 N–H and O–H groups in total. The molecule has 0 saturated heterocycles. The first-order valence-electron chi connectivity index (χ1n) is 11.0. The normalized spacial score (nSPS) is 22.8. The topological polar surface area (TPSA) is 55.4 Å². The highest BCUT2D eigenvalue weighted by atomic mass is 19.1. The molecule has 0 spiro atoms. The molecule has 1 heterocycles. The lowest BCUT2D eigenvalue weighted by molar-refractivity contribution is -0.140. The fraction of sp³-hybridized carbons (Fsp3) is 0.333. The Kier molecular flexibility index (Phi) is 6.26. The second kappa shape index (κ2) is 9.11. The van der Waals surface area contributed by atoms with E-state index < -0.39 is 17.8 Å². The molecule has 32 heavy (non-hydrogen) atoms. The van der Waals surface area contributed by atoms with E-state index in [9.17, 15) is 14.0 Å². The quantitative estimate of drug-likeness (QED) is 0.655. The Bertz CT molecular complexity index is 1070. The van der Waals surface area contributed by atoms with Crippen molar-refractivity contribution in [3.8, 4) is 0 Å². The number of ether oxygens (including phenoxy) is 1. The summed E-state index contributed by atoms with van der Waals surface area (Å²) in [5, 5.41) is 3.32. The summed E-state index contributed by atoms with van der Waals surface area (Å²) in [5.74, 6) is -1.63. The molecule has 5 heteroatoms. The summed E-state index contributed by atoms with van der Waals surface area (Å²) in [6, 6.07) is 16.0. The van der Waals surface area contributed by atoms with Crippen LogP contribution >= 0.6 is 0 Å². The van der Waals surface area contributed by atoms with Crippen molar-refractivity contribution in [2.75, 3.05) is 6.61 Å². The molecule has 2 aliphatic rings. The highest BCUT2D eigenvalue weighted by Crippen LogP contribution is 2.46. The molecule has 4 nitrogen and oxygen atoms in total. The average molecular weight is 434 g/mol. The van der Waals surface area contributed by atoms with Crippen LogP contribution in [-0.2, 0) is 14.3 Å². The van der Waals surface area contributed by atoms with E-state index in [-0.39, 0.29) is 23.4 Å². The van der Waals surface area contributed by atoms with Gasteiger partial charge in [-0.05, 0) is 36.1 Å². The Hall–Kier alpha value is -3.21. The summed E-state index contributed by atoms with van der Waals surface area (Å²) in [5.41, 5.74) is 3.70. The number of carbonyl (C=O) groups is 2. The second-order valence-electron chi connectivity index (χ2n) is 8.97. The zero-order valence-electron chi connectivity index (χ0n) is 18.6. The van der Waals surface area contributed by atoms with Crippen molar-refractivity contribution in [2.24, 2.45) is 11.8 Å². The predicted molar refractivity (Wildman–Crippen MR) is 121 cm³/mol. The smallest absolute Gasteiger partial charge is 0.336 e. The van der Waals surface area contributed by atoms with E-state index >= 15 is 0 Å². The predicted octanol–water partition coefficient (Wildman–Crippen LogP) is 5.24. The number of benzene rings is 2. The highest BCUT2D eigenvalue weighted by molar-refractivity contribution is 5.96. The number of carbonyl (C=O) groups excluding carboxylic acids is 2. The molecule has 2 aromatic rings. The Morgan fingerprint density at radius 1 is 1.06 bits per heavy atom. The molecule has 4 rings (SSSR count). The van der Waals surface area contributed by atoms with Gasteiger partial charge in [-0.2, -0.15) is 0 Å². The first-order chi connectivity index (χ1) is 15.3. The third-order valence-electron chi connectivity index (χ3n) is 6.09. The third-order valence-corrected chi connectivity index (χ3v) is 6.09. The van der Waals surface area contributed by atoms with Crippen LogP contribution in [0.25, 0.3) is 0 Å². The monoisotopic (exact) mass is 433 g/mol. The third kappa shape index (κ3) is 4.38. The largest absolute Gasteiger partial charge is 0.462 e.